The Bertz CT molecular complexity index is 505. The van der Waals surface area contributed by atoms with E-state index in [-0.39, 0.29) is 6.04 Å². The van der Waals surface area contributed by atoms with Crippen molar-refractivity contribution in [2.45, 2.75) is 19.9 Å². The van der Waals surface area contributed by atoms with Crippen molar-refractivity contribution in [1.29, 1.82) is 0 Å². The van der Waals surface area contributed by atoms with Gasteiger partial charge in [-0.05, 0) is 25.5 Å². The molecule has 2 nitrogen and oxygen atoms in total. The van der Waals surface area contributed by atoms with Gasteiger partial charge in [-0.3, -0.25) is 0 Å². The van der Waals surface area contributed by atoms with Gasteiger partial charge in [-0.15, -0.1) is 11.3 Å². The summed E-state index contributed by atoms with van der Waals surface area (Å²) in [6.45, 7) is 3.92. The third kappa shape index (κ3) is 2.26. The van der Waals surface area contributed by atoms with Crippen molar-refractivity contribution in [2.75, 3.05) is 0 Å². The average Bonchev–Trinajstić information content (AvgIpc) is 2.71. The van der Waals surface area contributed by atoms with E-state index in [4.69, 9.17) is 17.3 Å². The second-order valence-corrected chi connectivity index (χ2v) is 5.10. The maximum absolute atomic E-state index is 6.09. The SMILES string of the molecule is Cc1ccc(-c2nc(C(C)N)cs2)cc1Cl. The zero-order chi connectivity index (χ0) is 11.7. The average molecular weight is 253 g/mol. The van der Waals surface area contributed by atoms with E-state index in [2.05, 4.69) is 4.98 Å². The molecular weight excluding hydrogens is 240 g/mol. The van der Waals surface area contributed by atoms with Gasteiger partial charge in [0.25, 0.3) is 0 Å². The first-order valence-corrected chi connectivity index (χ1v) is 6.31. The molecule has 84 valence electrons. The number of hydrogen-bond acceptors (Lipinski definition) is 3. The van der Waals surface area contributed by atoms with Crippen LogP contribution in [0.25, 0.3) is 10.6 Å². The molecule has 2 N–H and O–H groups in total. The Morgan fingerprint density at radius 2 is 2.19 bits per heavy atom. The fourth-order valence-corrected chi connectivity index (χ4v) is 2.46. The molecule has 0 aliphatic rings. The topological polar surface area (TPSA) is 38.9 Å². The van der Waals surface area contributed by atoms with Crippen molar-refractivity contribution in [3.8, 4) is 10.6 Å². The van der Waals surface area contributed by atoms with Crippen molar-refractivity contribution in [2.24, 2.45) is 5.73 Å². The van der Waals surface area contributed by atoms with E-state index < -0.39 is 0 Å². The maximum atomic E-state index is 6.09. The molecule has 0 saturated heterocycles. The Labute approximate surface area is 104 Å². The molecule has 2 rings (SSSR count). The zero-order valence-electron chi connectivity index (χ0n) is 9.20. The molecule has 4 heteroatoms. The number of thiazole rings is 1. The lowest BCUT2D eigenvalue weighted by atomic mass is 10.1. The molecular formula is C12H13ClN2S. The van der Waals surface area contributed by atoms with Gasteiger partial charge in [-0.2, -0.15) is 0 Å². The van der Waals surface area contributed by atoms with Crippen LogP contribution in [0.3, 0.4) is 0 Å². The van der Waals surface area contributed by atoms with Crippen molar-refractivity contribution in [3.63, 3.8) is 0 Å². The number of nitrogens with two attached hydrogens (primary N) is 1. The molecule has 1 heterocycles. The molecule has 1 aromatic carbocycles. The number of nitrogens with zero attached hydrogens (tertiary/aromatic N) is 1. The Hall–Kier alpha value is -0.900. The molecule has 2 aromatic rings. The summed E-state index contributed by atoms with van der Waals surface area (Å²) in [6, 6.07) is 5.96. The smallest absolute Gasteiger partial charge is 0.123 e. The van der Waals surface area contributed by atoms with Gasteiger partial charge in [0.2, 0.25) is 0 Å². The number of hydrogen-bond donors (Lipinski definition) is 1. The zero-order valence-corrected chi connectivity index (χ0v) is 10.8. The first-order valence-electron chi connectivity index (χ1n) is 5.05. The first kappa shape index (κ1) is 11.6. The van der Waals surface area contributed by atoms with E-state index in [0.29, 0.717) is 0 Å². The van der Waals surface area contributed by atoms with Crippen LogP contribution in [0.1, 0.15) is 24.2 Å². The number of benzene rings is 1. The van der Waals surface area contributed by atoms with Crippen LogP contribution in [0.2, 0.25) is 5.02 Å². The van der Waals surface area contributed by atoms with Gasteiger partial charge in [0, 0.05) is 22.0 Å². The fourth-order valence-electron chi connectivity index (χ4n) is 1.35. The molecule has 1 unspecified atom stereocenters. The Kier molecular flexibility index (Phi) is 3.28. The van der Waals surface area contributed by atoms with E-state index in [1.807, 2.05) is 37.4 Å². The van der Waals surface area contributed by atoms with Crippen LogP contribution in [0.4, 0.5) is 0 Å². The maximum Gasteiger partial charge on any atom is 0.123 e. The lowest BCUT2D eigenvalue weighted by molar-refractivity contribution is 0.790. The summed E-state index contributed by atoms with van der Waals surface area (Å²) in [5, 5.41) is 3.73. The Morgan fingerprint density at radius 3 is 2.75 bits per heavy atom. The Morgan fingerprint density at radius 1 is 1.44 bits per heavy atom. The molecule has 0 saturated carbocycles. The van der Waals surface area contributed by atoms with Crippen molar-refractivity contribution in [1.82, 2.24) is 4.98 Å². The molecule has 0 fully saturated rings. The number of rotatable bonds is 2. The van der Waals surface area contributed by atoms with Gasteiger partial charge in [-0.1, -0.05) is 23.7 Å². The second kappa shape index (κ2) is 4.53. The quantitative estimate of drug-likeness (QED) is 0.883. The standard InChI is InChI=1S/C12H13ClN2S/c1-7-3-4-9(5-10(7)13)12-15-11(6-16-12)8(2)14/h3-6,8H,14H2,1-2H3. The molecule has 1 aromatic heterocycles. The predicted octanol–water partition coefficient (Wildman–Crippen LogP) is 3.79. The fraction of sp³-hybridized carbons (Fsp3) is 0.250. The van der Waals surface area contributed by atoms with E-state index in [1.165, 1.54) is 0 Å². The van der Waals surface area contributed by atoms with Crippen LogP contribution >= 0.6 is 22.9 Å². The normalized spacial score (nSPS) is 12.8. The van der Waals surface area contributed by atoms with Gasteiger partial charge in [0.05, 0.1) is 5.69 Å². The lowest BCUT2D eigenvalue weighted by Gasteiger charge is -2.01. The molecule has 0 aliphatic heterocycles. The predicted molar refractivity (Wildman–Crippen MR) is 69.9 cm³/mol. The summed E-state index contributed by atoms with van der Waals surface area (Å²) in [5.74, 6) is 0. The Balaban J connectivity index is 2.39. The summed E-state index contributed by atoms with van der Waals surface area (Å²) in [7, 11) is 0. The highest BCUT2D eigenvalue weighted by molar-refractivity contribution is 7.13. The minimum Gasteiger partial charge on any atom is -0.323 e. The van der Waals surface area contributed by atoms with Gasteiger partial charge in [0.15, 0.2) is 0 Å². The summed E-state index contributed by atoms with van der Waals surface area (Å²) in [6.07, 6.45) is 0. The minimum atomic E-state index is -0.0223. The lowest BCUT2D eigenvalue weighted by Crippen LogP contribution is -2.04. The highest BCUT2D eigenvalue weighted by atomic mass is 35.5. The molecule has 0 amide bonds. The third-order valence-electron chi connectivity index (χ3n) is 2.41. The number of aryl methyl sites for hydroxylation is 1. The van der Waals surface area contributed by atoms with Crippen LogP contribution in [0.5, 0.6) is 0 Å². The molecule has 0 bridgehead atoms. The van der Waals surface area contributed by atoms with Crippen LogP contribution in [-0.2, 0) is 0 Å². The van der Waals surface area contributed by atoms with Crippen LogP contribution < -0.4 is 5.73 Å². The first-order chi connectivity index (χ1) is 7.58. The largest absolute Gasteiger partial charge is 0.323 e. The molecule has 1 atom stereocenters. The van der Waals surface area contributed by atoms with Gasteiger partial charge in [-0.25, -0.2) is 4.98 Å². The van der Waals surface area contributed by atoms with Gasteiger partial charge in [0.1, 0.15) is 5.01 Å². The molecule has 0 radical (unpaired) electrons. The van der Waals surface area contributed by atoms with Crippen LogP contribution in [-0.4, -0.2) is 4.98 Å². The van der Waals surface area contributed by atoms with E-state index in [1.54, 1.807) is 11.3 Å². The molecule has 0 aliphatic carbocycles. The highest BCUT2D eigenvalue weighted by Gasteiger charge is 2.08. The van der Waals surface area contributed by atoms with Crippen molar-refractivity contribution < 1.29 is 0 Å². The van der Waals surface area contributed by atoms with E-state index in [0.717, 1.165) is 26.9 Å². The minimum absolute atomic E-state index is 0.0223. The summed E-state index contributed by atoms with van der Waals surface area (Å²) in [4.78, 5) is 4.49. The summed E-state index contributed by atoms with van der Waals surface area (Å²) >= 11 is 7.68. The number of aromatic nitrogens is 1. The molecule has 16 heavy (non-hydrogen) atoms. The highest BCUT2D eigenvalue weighted by Crippen LogP contribution is 2.28. The summed E-state index contributed by atoms with van der Waals surface area (Å²) < 4.78 is 0. The van der Waals surface area contributed by atoms with Crippen LogP contribution in [0.15, 0.2) is 23.6 Å². The van der Waals surface area contributed by atoms with Gasteiger partial charge >= 0.3 is 0 Å². The van der Waals surface area contributed by atoms with E-state index >= 15 is 0 Å². The van der Waals surface area contributed by atoms with Crippen molar-refractivity contribution in [3.05, 3.63) is 39.9 Å². The van der Waals surface area contributed by atoms with E-state index in [9.17, 15) is 0 Å². The second-order valence-electron chi connectivity index (χ2n) is 3.83. The van der Waals surface area contributed by atoms with Crippen molar-refractivity contribution >= 4 is 22.9 Å². The third-order valence-corrected chi connectivity index (χ3v) is 3.72. The monoisotopic (exact) mass is 252 g/mol. The van der Waals surface area contributed by atoms with Crippen LogP contribution in [0, 0.1) is 6.92 Å². The summed E-state index contributed by atoms with van der Waals surface area (Å²) in [5.41, 5.74) is 8.83. The molecule has 0 spiro atoms. The number of halogens is 1. The van der Waals surface area contributed by atoms with Gasteiger partial charge < -0.3 is 5.73 Å².